The molecule has 0 radical (unpaired) electrons. The molecule has 1 unspecified atom stereocenters. The summed E-state index contributed by atoms with van der Waals surface area (Å²) in [6.45, 7) is 0.289. The minimum atomic E-state index is -1.21. The van der Waals surface area contributed by atoms with Crippen molar-refractivity contribution < 1.29 is 23.5 Å². The summed E-state index contributed by atoms with van der Waals surface area (Å²) in [5, 5.41) is 13.0. The zero-order chi connectivity index (χ0) is 19.6. The quantitative estimate of drug-likeness (QED) is 0.818. The van der Waals surface area contributed by atoms with Crippen LogP contribution in [0.5, 0.6) is 0 Å². The Morgan fingerprint density at radius 2 is 2.00 bits per heavy atom. The number of nitrogens with one attached hydrogen (secondary N) is 1. The van der Waals surface area contributed by atoms with Crippen LogP contribution >= 0.6 is 11.6 Å². The average Bonchev–Trinajstić information content (AvgIpc) is 3.07. The van der Waals surface area contributed by atoms with Crippen molar-refractivity contribution in [3.63, 3.8) is 0 Å². The molecule has 142 valence electrons. The summed E-state index contributed by atoms with van der Waals surface area (Å²) in [6.07, 6.45) is -0.114. The van der Waals surface area contributed by atoms with Gasteiger partial charge in [0.15, 0.2) is 11.6 Å². The zero-order valence-corrected chi connectivity index (χ0v) is 15.0. The van der Waals surface area contributed by atoms with Crippen molar-refractivity contribution in [2.75, 3.05) is 18.0 Å². The van der Waals surface area contributed by atoms with E-state index in [0.29, 0.717) is 30.1 Å². The molecule has 8 heteroatoms. The molecule has 1 fully saturated rings. The summed E-state index contributed by atoms with van der Waals surface area (Å²) in [5.74, 6) is -2.70. The molecule has 1 heterocycles. The lowest BCUT2D eigenvalue weighted by Gasteiger charge is -2.20. The lowest BCUT2D eigenvalue weighted by atomic mass is 10.1. The molecule has 2 aromatic carbocycles. The van der Waals surface area contributed by atoms with Crippen molar-refractivity contribution in [3.05, 3.63) is 64.2 Å². The van der Waals surface area contributed by atoms with Crippen molar-refractivity contribution in [3.8, 4) is 0 Å². The Balaban J connectivity index is 1.74. The third-order valence-corrected chi connectivity index (χ3v) is 4.59. The van der Waals surface area contributed by atoms with Crippen molar-refractivity contribution in [2.45, 2.75) is 18.9 Å². The van der Waals surface area contributed by atoms with Gasteiger partial charge in [0.05, 0.1) is 17.4 Å². The molecule has 1 atom stereocenters. The monoisotopic (exact) mass is 394 g/mol. The molecule has 2 aromatic rings. The molecular formula is C19H17ClF2N2O3. The molecule has 0 spiro atoms. The molecule has 2 N–H and O–H groups in total. The second-order valence-corrected chi connectivity index (χ2v) is 6.65. The van der Waals surface area contributed by atoms with E-state index in [2.05, 4.69) is 5.32 Å². The normalized spacial score (nSPS) is 15.1. The highest BCUT2D eigenvalue weighted by atomic mass is 35.5. The zero-order valence-electron chi connectivity index (χ0n) is 14.2. The summed E-state index contributed by atoms with van der Waals surface area (Å²) in [6, 6.07) is 7.61. The maximum absolute atomic E-state index is 13.3. The van der Waals surface area contributed by atoms with Crippen molar-refractivity contribution in [1.82, 2.24) is 5.32 Å². The number of nitrogens with zero attached hydrogens (tertiary/aromatic N) is 1. The van der Waals surface area contributed by atoms with Gasteiger partial charge in [-0.3, -0.25) is 9.59 Å². The van der Waals surface area contributed by atoms with Gasteiger partial charge in [0.1, 0.15) is 0 Å². The van der Waals surface area contributed by atoms with Crippen molar-refractivity contribution in [2.24, 2.45) is 0 Å². The topological polar surface area (TPSA) is 69.6 Å². The van der Waals surface area contributed by atoms with Gasteiger partial charge < -0.3 is 15.3 Å². The molecule has 0 aromatic heterocycles. The molecule has 0 aliphatic carbocycles. The van der Waals surface area contributed by atoms with Crippen LogP contribution in [-0.4, -0.2) is 30.0 Å². The number of benzene rings is 2. The summed E-state index contributed by atoms with van der Waals surface area (Å²) in [7, 11) is 0. The molecule has 0 bridgehead atoms. The van der Waals surface area contributed by atoms with Crippen molar-refractivity contribution in [1.29, 1.82) is 0 Å². The molecule has 27 heavy (non-hydrogen) atoms. The number of rotatable bonds is 5. The van der Waals surface area contributed by atoms with Crippen LogP contribution in [0.1, 0.15) is 34.9 Å². The van der Waals surface area contributed by atoms with E-state index in [1.807, 2.05) is 0 Å². The number of carbonyl (C=O) groups excluding carboxylic acids is 2. The van der Waals surface area contributed by atoms with Gasteiger partial charge in [0, 0.05) is 24.5 Å². The van der Waals surface area contributed by atoms with Gasteiger partial charge in [-0.2, -0.15) is 0 Å². The Hall–Kier alpha value is -2.51. The molecular weight excluding hydrogens is 378 g/mol. The summed E-state index contributed by atoms with van der Waals surface area (Å²) < 4.78 is 26.3. The van der Waals surface area contributed by atoms with Gasteiger partial charge in [0.25, 0.3) is 5.91 Å². The first kappa shape index (κ1) is 19.3. The molecule has 1 aliphatic heterocycles. The lowest BCUT2D eigenvalue weighted by Crippen LogP contribution is -2.32. The first-order valence-corrected chi connectivity index (χ1v) is 8.75. The van der Waals surface area contributed by atoms with Gasteiger partial charge >= 0.3 is 0 Å². The fraction of sp³-hybridized carbons (Fsp3) is 0.263. The van der Waals surface area contributed by atoms with Gasteiger partial charge in [-0.15, -0.1) is 0 Å². The molecule has 5 nitrogen and oxygen atoms in total. The van der Waals surface area contributed by atoms with E-state index in [-0.39, 0.29) is 23.6 Å². The van der Waals surface area contributed by atoms with Gasteiger partial charge in [-0.05, 0) is 42.3 Å². The fourth-order valence-electron chi connectivity index (χ4n) is 2.95. The largest absolute Gasteiger partial charge is 0.387 e. The molecule has 3 rings (SSSR count). The van der Waals surface area contributed by atoms with Crippen molar-refractivity contribution >= 4 is 29.1 Å². The predicted octanol–water partition coefficient (Wildman–Crippen LogP) is 3.21. The third kappa shape index (κ3) is 4.26. The average molecular weight is 395 g/mol. The standard InChI is InChI=1S/C19H17ClF2N2O3/c20-12-4-5-13(16(9-12)24-7-1-2-18(24)26)19(27)23-10-17(25)11-3-6-14(21)15(22)8-11/h3-6,8-9,17,25H,1-2,7,10H2,(H,23,27). The number of halogens is 3. The highest BCUT2D eigenvalue weighted by Crippen LogP contribution is 2.28. The Kier molecular flexibility index (Phi) is 5.72. The van der Waals surface area contributed by atoms with E-state index in [1.54, 1.807) is 6.07 Å². The smallest absolute Gasteiger partial charge is 0.253 e. The van der Waals surface area contributed by atoms with Gasteiger partial charge in [0.2, 0.25) is 5.91 Å². The fourth-order valence-corrected chi connectivity index (χ4v) is 3.11. The highest BCUT2D eigenvalue weighted by Gasteiger charge is 2.26. The summed E-state index contributed by atoms with van der Waals surface area (Å²) in [5.41, 5.74) is 0.789. The van der Waals surface area contributed by atoms with Gasteiger partial charge in [-0.25, -0.2) is 8.78 Å². The number of carbonyl (C=O) groups is 2. The third-order valence-electron chi connectivity index (χ3n) is 4.35. The Labute approximate surface area is 159 Å². The molecule has 1 aliphatic rings. The SMILES string of the molecule is O=C(NCC(O)c1ccc(F)c(F)c1)c1ccc(Cl)cc1N1CCCC1=O. The van der Waals surface area contributed by atoms with Crippen LogP contribution in [-0.2, 0) is 4.79 Å². The number of hydrogen-bond acceptors (Lipinski definition) is 3. The van der Waals surface area contributed by atoms with Crippen LogP contribution in [0.25, 0.3) is 0 Å². The second kappa shape index (κ2) is 8.02. The Morgan fingerprint density at radius 1 is 1.22 bits per heavy atom. The first-order valence-electron chi connectivity index (χ1n) is 8.38. The van der Waals surface area contributed by atoms with Crippen LogP contribution in [0, 0.1) is 11.6 Å². The first-order chi connectivity index (χ1) is 12.9. The predicted molar refractivity (Wildman–Crippen MR) is 96.7 cm³/mol. The maximum Gasteiger partial charge on any atom is 0.253 e. The van der Waals surface area contributed by atoms with E-state index >= 15 is 0 Å². The minimum absolute atomic E-state index is 0.0897. The maximum atomic E-state index is 13.3. The summed E-state index contributed by atoms with van der Waals surface area (Å²) in [4.78, 5) is 26.1. The number of aliphatic hydroxyl groups excluding tert-OH is 1. The molecule has 1 saturated heterocycles. The number of amides is 2. The second-order valence-electron chi connectivity index (χ2n) is 6.21. The number of aliphatic hydroxyl groups is 1. The van der Waals surface area contributed by atoms with E-state index < -0.39 is 23.6 Å². The van der Waals surface area contributed by atoms with E-state index in [9.17, 15) is 23.5 Å². The number of anilines is 1. The Bertz CT molecular complexity index is 891. The molecule has 0 saturated carbocycles. The minimum Gasteiger partial charge on any atom is -0.387 e. The van der Waals surface area contributed by atoms with E-state index in [4.69, 9.17) is 11.6 Å². The van der Waals surface area contributed by atoms with Crippen LogP contribution in [0.2, 0.25) is 5.02 Å². The number of hydrogen-bond donors (Lipinski definition) is 2. The van der Waals surface area contributed by atoms with Crippen LogP contribution in [0.4, 0.5) is 14.5 Å². The van der Waals surface area contributed by atoms with Crippen LogP contribution in [0.15, 0.2) is 36.4 Å². The van der Waals surface area contributed by atoms with E-state index in [0.717, 1.165) is 12.1 Å². The van der Waals surface area contributed by atoms with E-state index in [1.165, 1.54) is 23.1 Å². The molecule has 2 amide bonds. The van der Waals surface area contributed by atoms with Crippen LogP contribution in [0.3, 0.4) is 0 Å². The lowest BCUT2D eigenvalue weighted by molar-refractivity contribution is -0.117. The van der Waals surface area contributed by atoms with Crippen LogP contribution < -0.4 is 10.2 Å². The summed E-state index contributed by atoms with van der Waals surface area (Å²) >= 11 is 6.01. The highest BCUT2D eigenvalue weighted by molar-refractivity contribution is 6.31. The van der Waals surface area contributed by atoms with Gasteiger partial charge in [-0.1, -0.05) is 17.7 Å². The Morgan fingerprint density at radius 3 is 2.67 bits per heavy atom.